The van der Waals surface area contributed by atoms with Gasteiger partial charge < -0.3 is 10.1 Å². The molecule has 1 saturated heterocycles. The Bertz CT molecular complexity index is 365. The van der Waals surface area contributed by atoms with Crippen molar-refractivity contribution >= 4 is 22.2 Å². The van der Waals surface area contributed by atoms with Crippen molar-refractivity contribution in [3.8, 4) is 0 Å². The quantitative estimate of drug-likeness (QED) is 0.579. The van der Waals surface area contributed by atoms with Crippen molar-refractivity contribution in [3.63, 3.8) is 0 Å². The van der Waals surface area contributed by atoms with E-state index in [1.54, 1.807) is 4.72 Å². The fourth-order valence-corrected chi connectivity index (χ4v) is 2.07. The molecule has 2 amide bonds. The van der Waals surface area contributed by atoms with Crippen LogP contribution in [-0.2, 0) is 19.7 Å². The lowest BCUT2D eigenvalue weighted by Gasteiger charge is -2.25. The number of piperazine rings is 1. The number of amides is 2. The van der Waals surface area contributed by atoms with Crippen molar-refractivity contribution in [2.24, 2.45) is 0 Å². The molecule has 1 fully saturated rings. The van der Waals surface area contributed by atoms with Crippen LogP contribution in [0.5, 0.6) is 0 Å². The fraction of sp³-hybridized carbons (Fsp3) is 0.667. The van der Waals surface area contributed by atoms with Crippen LogP contribution in [0.15, 0.2) is 0 Å². The van der Waals surface area contributed by atoms with E-state index in [-0.39, 0.29) is 19.6 Å². The van der Waals surface area contributed by atoms with Crippen LogP contribution in [0.3, 0.4) is 0 Å². The third kappa shape index (κ3) is 3.06. The summed E-state index contributed by atoms with van der Waals surface area (Å²) < 4.78 is 29.5. The molecule has 0 atom stereocenters. The van der Waals surface area contributed by atoms with Crippen molar-refractivity contribution in [2.75, 3.05) is 26.7 Å². The van der Waals surface area contributed by atoms with Gasteiger partial charge in [0.25, 0.3) is 0 Å². The number of ether oxygens (including phenoxy) is 1. The van der Waals surface area contributed by atoms with Gasteiger partial charge in [-0.2, -0.15) is 12.7 Å². The number of nitrogens with zero attached hydrogens (tertiary/aromatic N) is 1. The first-order valence-electron chi connectivity index (χ1n) is 4.08. The predicted molar refractivity (Wildman–Crippen MR) is 49.0 cm³/mol. The van der Waals surface area contributed by atoms with Crippen molar-refractivity contribution in [2.45, 2.75) is 0 Å². The van der Waals surface area contributed by atoms with Crippen molar-refractivity contribution in [1.82, 2.24) is 14.3 Å². The Morgan fingerprint density at radius 3 is 2.80 bits per heavy atom. The molecule has 1 heterocycles. The second kappa shape index (κ2) is 4.45. The zero-order chi connectivity index (χ0) is 11.5. The van der Waals surface area contributed by atoms with Crippen molar-refractivity contribution in [1.29, 1.82) is 0 Å². The lowest BCUT2D eigenvalue weighted by Crippen LogP contribution is -2.54. The van der Waals surface area contributed by atoms with Crippen LogP contribution in [0.1, 0.15) is 0 Å². The molecule has 8 nitrogen and oxygen atoms in total. The van der Waals surface area contributed by atoms with Crippen LogP contribution in [0.2, 0.25) is 0 Å². The number of carbonyl (C=O) groups excluding carboxylic acids is 2. The number of hydrogen-bond acceptors (Lipinski definition) is 5. The van der Waals surface area contributed by atoms with Crippen molar-refractivity contribution < 1.29 is 22.7 Å². The van der Waals surface area contributed by atoms with Gasteiger partial charge in [-0.1, -0.05) is 0 Å². The molecule has 0 aromatic rings. The van der Waals surface area contributed by atoms with Crippen LogP contribution in [-0.4, -0.2) is 51.5 Å². The Kier molecular flexibility index (Phi) is 3.48. The Labute approximate surface area is 86.8 Å². The second-order valence-corrected chi connectivity index (χ2v) is 4.45. The summed E-state index contributed by atoms with van der Waals surface area (Å²) >= 11 is 0. The molecule has 0 bridgehead atoms. The van der Waals surface area contributed by atoms with Gasteiger partial charge in [-0.25, -0.2) is 9.52 Å². The van der Waals surface area contributed by atoms with Gasteiger partial charge in [-0.3, -0.25) is 4.79 Å². The molecule has 15 heavy (non-hydrogen) atoms. The average Bonchev–Trinajstić information content (AvgIpc) is 2.17. The van der Waals surface area contributed by atoms with Gasteiger partial charge >= 0.3 is 16.3 Å². The van der Waals surface area contributed by atoms with E-state index in [0.29, 0.717) is 0 Å². The maximum absolute atomic E-state index is 11.4. The standard InChI is InChI=1S/C6H11N3O5S/c1-14-6(11)8-15(12,13)9-3-2-7-5(10)4-9/h2-4H2,1H3,(H,7,10)(H,8,11). The number of carbonyl (C=O) groups is 2. The van der Waals surface area contributed by atoms with E-state index in [4.69, 9.17) is 0 Å². The molecule has 0 spiro atoms. The summed E-state index contributed by atoms with van der Waals surface area (Å²) in [5.41, 5.74) is 0. The first-order chi connectivity index (χ1) is 6.95. The molecule has 1 rings (SSSR count). The Morgan fingerprint density at radius 1 is 1.60 bits per heavy atom. The Hall–Kier alpha value is -1.35. The monoisotopic (exact) mass is 237 g/mol. The van der Waals surface area contributed by atoms with Crippen LogP contribution in [0.4, 0.5) is 4.79 Å². The van der Waals surface area contributed by atoms with E-state index in [9.17, 15) is 18.0 Å². The molecular formula is C6H11N3O5S. The highest BCUT2D eigenvalue weighted by molar-refractivity contribution is 7.87. The maximum Gasteiger partial charge on any atom is 0.421 e. The summed E-state index contributed by atoms with van der Waals surface area (Å²) in [4.78, 5) is 21.6. The lowest BCUT2D eigenvalue weighted by molar-refractivity contribution is -0.122. The van der Waals surface area contributed by atoms with Crippen LogP contribution in [0.25, 0.3) is 0 Å². The second-order valence-electron chi connectivity index (χ2n) is 2.78. The van der Waals surface area contributed by atoms with Gasteiger partial charge in [0.15, 0.2) is 0 Å². The first-order valence-corrected chi connectivity index (χ1v) is 5.52. The molecule has 86 valence electrons. The molecule has 9 heteroatoms. The number of hydrogen-bond donors (Lipinski definition) is 2. The van der Waals surface area contributed by atoms with Crippen LogP contribution < -0.4 is 10.0 Å². The zero-order valence-corrected chi connectivity index (χ0v) is 8.83. The number of methoxy groups -OCH3 is 1. The van der Waals surface area contributed by atoms with E-state index < -0.39 is 22.2 Å². The summed E-state index contributed by atoms with van der Waals surface area (Å²) in [5, 5.41) is 2.46. The molecule has 0 saturated carbocycles. The van der Waals surface area contributed by atoms with Gasteiger partial charge in [-0.15, -0.1) is 0 Å². The maximum atomic E-state index is 11.4. The van der Waals surface area contributed by atoms with E-state index in [1.165, 1.54) is 0 Å². The summed E-state index contributed by atoms with van der Waals surface area (Å²) in [7, 11) is -2.93. The minimum atomic E-state index is -3.98. The minimum absolute atomic E-state index is 0.123. The smallest absolute Gasteiger partial charge is 0.421 e. The van der Waals surface area contributed by atoms with Crippen molar-refractivity contribution in [3.05, 3.63) is 0 Å². The van der Waals surface area contributed by atoms with Gasteiger partial charge in [0.2, 0.25) is 5.91 Å². The van der Waals surface area contributed by atoms with Gasteiger partial charge in [0.1, 0.15) is 0 Å². The van der Waals surface area contributed by atoms with Gasteiger partial charge in [-0.05, 0) is 0 Å². The zero-order valence-electron chi connectivity index (χ0n) is 8.02. The largest absolute Gasteiger partial charge is 0.452 e. The van der Waals surface area contributed by atoms with E-state index in [2.05, 4.69) is 10.1 Å². The van der Waals surface area contributed by atoms with E-state index >= 15 is 0 Å². The molecule has 1 aliphatic heterocycles. The SMILES string of the molecule is COC(=O)NS(=O)(=O)N1CCNC(=O)C1. The van der Waals surface area contributed by atoms with Crippen LogP contribution in [0, 0.1) is 0 Å². The molecule has 1 aliphatic rings. The summed E-state index contributed by atoms with van der Waals surface area (Å²) in [6, 6.07) is 0. The minimum Gasteiger partial charge on any atom is -0.452 e. The molecule has 0 radical (unpaired) electrons. The Morgan fingerprint density at radius 2 is 2.27 bits per heavy atom. The lowest BCUT2D eigenvalue weighted by atomic mass is 10.4. The van der Waals surface area contributed by atoms with E-state index in [0.717, 1.165) is 11.4 Å². The molecule has 0 unspecified atom stereocenters. The topological polar surface area (TPSA) is 105 Å². The molecule has 0 aliphatic carbocycles. The Balaban J connectivity index is 2.68. The number of nitrogens with one attached hydrogen (secondary N) is 2. The third-order valence-corrected chi connectivity index (χ3v) is 3.16. The highest BCUT2D eigenvalue weighted by Crippen LogP contribution is 2.00. The highest BCUT2D eigenvalue weighted by Gasteiger charge is 2.29. The van der Waals surface area contributed by atoms with Gasteiger partial charge in [0, 0.05) is 13.1 Å². The average molecular weight is 237 g/mol. The normalized spacial score (nSPS) is 18.1. The molecule has 0 aromatic heterocycles. The predicted octanol–water partition coefficient (Wildman–Crippen LogP) is -1.98. The first kappa shape index (κ1) is 11.7. The molecular weight excluding hydrogens is 226 g/mol. The summed E-state index contributed by atoms with van der Waals surface area (Å²) in [6.45, 7) is 0.0469. The van der Waals surface area contributed by atoms with Crippen LogP contribution >= 0.6 is 0 Å². The third-order valence-electron chi connectivity index (χ3n) is 1.74. The van der Waals surface area contributed by atoms with Gasteiger partial charge in [0.05, 0.1) is 13.7 Å². The summed E-state index contributed by atoms with van der Waals surface area (Å²) in [6.07, 6.45) is -1.08. The molecule has 0 aromatic carbocycles. The van der Waals surface area contributed by atoms with E-state index in [1.807, 2.05) is 0 Å². The highest BCUT2D eigenvalue weighted by atomic mass is 32.2. The molecule has 2 N–H and O–H groups in total. The summed E-state index contributed by atoms with van der Waals surface area (Å²) in [5.74, 6) is -0.406. The number of rotatable bonds is 2. The fourth-order valence-electron chi connectivity index (χ4n) is 1.03.